The van der Waals surface area contributed by atoms with Crippen LogP contribution < -0.4 is 16.0 Å². The summed E-state index contributed by atoms with van der Waals surface area (Å²) < 4.78 is 52.4. The van der Waals surface area contributed by atoms with Gasteiger partial charge in [-0.2, -0.15) is 0 Å². The first kappa shape index (κ1) is 20.5. The first-order valence-electron chi connectivity index (χ1n) is 8.26. The van der Waals surface area contributed by atoms with Gasteiger partial charge in [-0.3, -0.25) is 4.79 Å². The first-order chi connectivity index (χ1) is 12.1. The van der Waals surface area contributed by atoms with Crippen molar-refractivity contribution in [3.63, 3.8) is 0 Å². The van der Waals surface area contributed by atoms with E-state index >= 15 is 0 Å². The molecule has 26 heavy (non-hydrogen) atoms. The van der Waals surface area contributed by atoms with Crippen molar-refractivity contribution in [3.8, 4) is 0 Å². The Kier molecular flexibility index (Phi) is 6.20. The number of sulfonamides is 1. The van der Waals surface area contributed by atoms with E-state index in [0.29, 0.717) is 5.69 Å². The van der Waals surface area contributed by atoms with Crippen molar-refractivity contribution in [3.05, 3.63) is 23.8 Å². The summed E-state index contributed by atoms with van der Waals surface area (Å²) in [7, 11) is -0.994. The van der Waals surface area contributed by atoms with Crippen LogP contribution in [0.15, 0.2) is 23.1 Å². The number of benzene rings is 1. The summed E-state index contributed by atoms with van der Waals surface area (Å²) >= 11 is 0. The summed E-state index contributed by atoms with van der Waals surface area (Å²) in [5, 5.41) is 2.16. The maximum Gasteiger partial charge on any atom is 0.277 e. The second kappa shape index (κ2) is 7.85. The van der Waals surface area contributed by atoms with Crippen LogP contribution in [-0.4, -0.2) is 64.8 Å². The molecule has 1 amide bonds. The Morgan fingerprint density at radius 1 is 1.31 bits per heavy atom. The standard InChI is InChI=1S/C16H24F2N4O3S/c1-21(2)26(24,25)12-5-6-14(22-7-3-4-8-22)13(9-12)15(23)20-11-16(17,18)10-19/h5-6,9H,3-4,7-8,10-11,19H2,1-2H3,(H,20,23). The van der Waals surface area contributed by atoms with Crippen molar-refractivity contribution in [1.82, 2.24) is 9.62 Å². The molecule has 0 bridgehead atoms. The summed E-state index contributed by atoms with van der Waals surface area (Å²) in [6.45, 7) is -0.355. The van der Waals surface area contributed by atoms with Gasteiger partial charge in [0.2, 0.25) is 10.0 Å². The molecule has 0 saturated carbocycles. The molecule has 1 aliphatic rings. The van der Waals surface area contributed by atoms with Gasteiger partial charge in [0, 0.05) is 32.9 Å². The lowest BCUT2D eigenvalue weighted by Gasteiger charge is -2.23. The fourth-order valence-corrected chi connectivity index (χ4v) is 3.61. The third-order valence-electron chi connectivity index (χ3n) is 4.24. The third kappa shape index (κ3) is 4.49. The molecule has 0 aromatic heterocycles. The Morgan fingerprint density at radius 3 is 2.46 bits per heavy atom. The predicted octanol–water partition coefficient (Wildman–Crippen LogP) is 0.861. The Labute approximate surface area is 152 Å². The maximum absolute atomic E-state index is 13.4. The predicted molar refractivity (Wildman–Crippen MR) is 95.1 cm³/mol. The van der Waals surface area contributed by atoms with Gasteiger partial charge in [-0.05, 0) is 31.0 Å². The Balaban J connectivity index is 2.40. The van der Waals surface area contributed by atoms with E-state index < -0.39 is 34.9 Å². The number of nitrogens with zero attached hydrogens (tertiary/aromatic N) is 2. The molecule has 2 rings (SSSR count). The van der Waals surface area contributed by atoms with Crippen LogP contribution in [0.3, 0.4) is 0 Å². The van der Waals surface area contributed by atoms with E-state index in [0.717, 1.165) is 30.2 Å². The third-order valence-corrected chi connectivity index (χ3v) is 6.06. The highest BCUT2D eigenvalue weighted by molar-refractivity contribution is 7.89. The van der Waals surface area contributed by atoms with Gasteiger partial charge in [0.25, 0.3) is 11.8 Å². The van der Waals surface area contributed by atoms with Crippen LogP contribution in [0.2, 0.25) is 0 Å². The number of nitrogens with one attached hydrogen (secondary N) is 1. The number of anilines is 1. The average molecular weight is 390 g/mol. The van der Waals surface area contributed by atoms with Crippen LogP contribution in [0.4, 0.5) is 14.5 Å². The van der Waals surface area contributed by atoms with Crippen molar-refractivity contribution >= 4 is 21.6 Å². The van der Waals surface area contributed by atoms with Crippen LogP contribution >= 0.6 is 0 Å². The van der Waals surface area contributed by atoms with E-state index in [1.165, 1.54) is 26.2 Å². The molecule has 1 saturated heterocycles. The molecule has 1 heterocycles. The van der Waals surface area contributed by atoms with E-state index in [9.17, 15) is 22.0 Å². The van der Waals surface area contributed by atoms with E-state index in [1.54, 1.807) is 6.07 Å². The number of amides is 1. The quantitative estimate of drug-likeness (QED) is 0.720. The van der Waals surface area contributed by atoms with Gasteiger partial charge < -0.3 is 16.0 Å². The highest BCUT2D eigenvalue weighted by atomic mass is 32.2. The summed E-state index contributed by atoms with van der Waals surface area (Å²) in [4.78, 5) is 14.4. The topological polar surface area (TPSA) is 95.7 Å². The van der Waals surface area contributed by atoms with E-state index in [-0.39, 0.29) is 10.5 Å². The molecule has 1 aromatic rings. The summed E-state index contributed by atoms with van der Waals surface area (Å²) in [6.07, 6.45) is 1.90. The van der Waals surface area contributed by atoms with Gasteiger partial charge in [0.15, 0.2) is 0 Å². The minimum Gasteiger partial charge on any atom is -0.371 e. The van der Waals surface area contributed by atoms with Gasteiger partial charge in [0.05, 0.1) is 23.5 Å². The molecule has 3 N–H and O–H groups in total. The van der Waals surface area contributed by atoms with Crippen LogP contribution in [-0.2, 0) is 10.0 Å². The number of hydrogen-bond donors (Lipinski definition) is 2. The van der Waals surface area contributed by atoms with Gasteiger partial charge in [-0.15, -0.1) is 0 Å². The molecule has 1 aromatic carbocycles. The Morgan fingerprint density at radius 2 is 1.92 bits per heavy atom. The molecule has 7 nitrogen and oxygen atoms in total. The van der Waals surface area contributed by atoms with Gasteiger partial charge >= 0.3 is 0 Å². The van der Waals surface area contributed by atoms with Gasteiger partial charge in [-0.25, -0.2) is 21.5 Å². The number of alkyl halides is 2. The minimum atomic E-state index is -3.75. The number of carbonyl (C=O) groups excluding carboxylic acids is 1. The van der Waals surface area contributed by atoms with Crippen LogP contribution in [0, 0.1) is 0 Å². The molecular weight excluding hydrogens is 366 g/mol. The summed E-state index contributed by atoms with van der Waals surface area (Å²) in [6, 6.07) is 4.21. The highest BCUT2D eigenvalue weighted by Gasteiger charge is 2.29. The lowest BCUT2D eigenvalue weighted by atomic mass is 10.1. The van der Waals surface area contributed by atoms with Crippen molar-refractivity contribution in [2.24, 2.45) is 5.73 Å². The number of hydrogen-bond acceptors (Lipinski definition) is 5. The van der Waals surface area contributed by atoms with Gasteiger partial charge in [0.1, 0.15) is 0 Å². The first-order valence-corrected chi connectivity index (χ1v) is 9.70. The summed E-state index contributed by atoms with van der Waals surface area (Å²) in [5.74, 6) is -3.98. The Bertz CT molecular complexity index is 763. The molecule has 146 valence electrons. The minimum absolute atomic E-state index is 0.0580. The molecular formula is C16H24F2N4O3S. The van der Waals surface area contributed by atoms with Crippen LogP contribution in [0.1, 0.15) is 23.2 Å². The second-order valence-electron chi connectivity index (χ2n) is 6.40. The molecule has 0 atom stereocenters. The lowest BCUT2D eigenvalue weighted by Crippen LogP contribution is -2.42. The lowest BCUT2D eigenvalue weighted by molar-refractivity contribution is 0.0118. The number of rotatable bonds is 7. The zero-order valence-corrected chi connectivity index (χ0v) is 15.7. The molecule has 10 heteroatoms. The molecule has 1 fully saturated rings. The number of carbonyl (C=O) groups is 1. The van der Waals surface area contributed by atoms with Crippen molar-refractivity contribution in [2.45, 2.75) is 23.7 Å². The van der Waals surface area contributed by atoms with Crippen molar-refractivity contribution in [1.29, 1.82) is 0 Å². The molecule has 0 radical (unpaired) electrons. The van der Waals surface area contributed by atoms with Crippen LogP contribution in [0.25, 0.3) is 0 Å². The zero-order valence-electron chi connectivity index (χ0n) is 14.8. The smallest absolute Gasteiger partial charge is 0.277 e. The maximum atomic E-state index is 13.4. The van der Waals surface area contributed by atoms with Crippen molar-refractivity contribution < 1.29 is 22.0 Å². The monoisotopic (exact) mass is 390 g/mol. The van der Waals surface area contributed by atoms with Crippen LogP contribution in [0.5, 0.6) is 0 Å². The summed E-state index contributed by atoms with van der Waals surface area (Å²) in [5.41, 5.74) is 5.57. The van der Waals surface area contributed by atoms with E-state index in [2.05, 4.69) is 5.32 Å². The average Bonchev–Trinajstić information content (AvgIpc) is 3.13. The number of halogens is 2. The Hall–Kier alpha value is -1.78. The number of nitrogens with two attached hydrogens (primary N) is 1. The molecule has 0 unspecified atom stereocenters. The van der Waals surface area contributed by atoms with Crippen molar-refractivity contribution in [2.75, 3.05) is 45.2 Å². The normalized spacial score (nSPS) is 15.5. The largest absolute Gasteiger partial charge is 0.371 e. The zero-order chi connectivity index (χ0) is 19.5. The van der Waals surface area contributed by atoms with E-state index in [4.69, 9.17) is 5.73 Å². The van der Waals surface area contributed by atoms with E-state index in [1.807, 2.05) is 4.90 Å². The fourth-order valence-electron chi connectivity index (χ4n) is 2.68. The second-order valence-corrected chi connectivity index (χ2v) is 8.56. The fraction of sp³-hybridized carbons (Fsp3) is 0.562. The SMILES string of the molecule is CN(C)S(=O)(=O)c1ccc(N2CCCC2)c(C(=O)NCC(F)(F)CN)c1. The van der Waals surface area contributed by atoms with Gasteiger partial charge in [-0.1, -0.05) is 0 Å². The molecule has 1 aliphatic heterocycles. The molecule has 0 spiro atoms. The molecule has 0 aliphatic carbocycles. The highest BCUT2D eigenvalue weighted by Crippen LogP contribution is 2.28.